The van der Waals surface area contributed by atoms with Gasteiger partial charge in [0.1, 0.15) is 5.75 Å². The highest BCUT2D eigenvalue weighted by molar-refractivity contribution is 7.89. The summed E-state index contributed by atoms with van der Waals surface area (Å²) in [6.07, 6.45) is 0.656. The Morgan fingerprint density at radius 3 is 2.12 bits per heavy atom. The van der Waals surface area contributed by atoms with Crippen LogP contribution < -0.4 is 5.32 Å². The molecular weight excluding hydrogens is 324 g/mol. The molecule has 0 unspecified atom stereocenters. The average molecular weight is 346 g/mol. The topological polar surface area (TPSA) is 66.5 Å². The summed E-state index contributed by atoms with van der Waals surface area (Å²) in [5.74, 6) is -1.00. The molecule has 0 radical (unpaired) electrons. The fourth-order valence-electron chi connectivity index (χ4n) is 2.19. The molecule has 0 saturated heterocycles. The molecular formula is C18H22N2O3S. The molecule has 0 aliphatic heterocycles. The van der Waals surface area contributed by atoms with Gasteiger partial charge in [0.05, 0.1) is 0 Å². The van der Waals surface area contributed by atoms with Crippen LogP contribution >= 0.6 is 0 Å². The molecule has 128 valence electrons. The Balaban J connectivity index is 1.84. The van der Waals surface area contributed by atoms with Gasteiger partial charge in [-0.05, 0) is 23.1 Å². The number of benzene rings is 2. The molecule has 0 aliphatic carbocycles. The fourth-order valence-corrected chi connectivity index (χ4v) is 2.88. The van der Waals surface area contributed by atoms with E-state index < -0.39 is 21.7 Å². The summed E-state index contributed by atoms with van der Waals surface area (Å²) in [6.45, 7) is 0.409. The van der Waals surface area contributed by atoms with Crippen molar-refractivity contribution in [3.63, 3.8) is 0 Å². The van der Waals surface area contributed by atoms with Gasteiger partial charge < -0.3 is 5.32 Å². The summed E-state index contributed by atoms with van der Waals surface area (Å²) in [6, 6.07) is 18.2. The molecule has 0 atom stereocenters. The Morgan fingerprint density at radius 2 is 1.54 bits per heavy atom. The maximum Gasteiger partial charge on any atom is 0.236 e. The van der Waals surface area contributed by atoms with Crippen LogP contribution in [-0.2, 0) is 21.2 Å². The van der Waals surface area contributed by atoms with E-state index in [0.717, 1.165) is 21.0 Å². The molecule has 2 aromatic rings. The van der Waals surface area contributed by atoms with E-state index in [2.05, 4.69) is 17.4 Å². The number of sulfonamides is 1. The zero-order valence-electron chi connectivity index (χ0n) is 13.9. The van der Waals surface area contributed by atoms with Crippen molar-refractivity contribution in [3.8, 4) is 11.1 Å². The Morgan fingerprint density at radius 1 is 0.958 bits per heavy atom. The van der Waals surface area contributed by atoms with Crippen LogP contribution in [0.3, 0.4) is 0 Å². The standard InChI is InChI=1S/C18H22N2O3S/c1-20(2)24(22,23)14-18(21)19-13-12-15-8-10-17(11-9-15)16-6-4-3-5-7-16/h3-11H,12-14H2,1-2H3,(H,19,21). The van der Waals surface area contributed by atoms with E-state index in [4.69, 9.17) is 0 Å². The number of amides is 1. The molecule has 0 fully saturated rings. The Kier molecular flexibility index (Phi) is 6.11. The van der Waals surface area contributed by atoms with Crippen LogP contribution in [0.1, 0.15) is 5.56 Å². The van der Waals surface area contributed by atoms with Crippen molar-refractivity contribution < 1.29 is 13.2 Å². The van der Waals surface area contributed by atoms with E-state index >= 15 is 0 Å². The molecule has 0 heterocycles. The van der Waals surface area contributed by atoms with Gasteiger partial charge in [-0.15, -0.1) is 0 Å². The minimum Gasteiger partial charge on any atom is -0.355 e. The van der Waals surface area contributed by atoms with Crippen LogP contribution in [-0.4, -0.2) is 45.0 Å². The van der Waals surface area contributed by atoms with Crippen LogP contribution in [0, 0.1) is 0 Å². The highest BCUT2D eigenvalue weighted by Crippen LogP contribution is 2.19. The molecule has 1 amide bonds. The van der Waals surface area contributed by atoms with Gasteiger partial charge >= 0.3 is 0 Å². The second-order valence-electron chi connectivity index (χ2n) is 5.70. The third kappa shape index (κ3) is 5.18. The molecule has 0 bridgehead atoms. The van der Waals surface area contributed by atoms with Crippen molar-refractivity contribution >= 4 is 15.9 Å². The Hall–Kier alpha value is -2.18. The van der Waals surface area contributed by atoms with Crippen LogP contribution in [0.5, 0.6) is 0 Å². The van der Waals surface area contributed by atoms with E-state index in [-0.39, 0.29) is 0 Å². The highest BCUT2D eigenvalue weighted by Gasteiger charge is 2.18. The fraction of sp³-hybridized carbons (Fsp3) is 0.278. The Bertz CT molecular complexity index is 770. The molecule has 0 aromatic heterocycles. The van der Waals surface area contributed by atoms with Crippen molar-refractivity contribution in [2.45, 2.75) is 6.42 Å². The number of hydrogen-bond donors (Lipinski definition) is 1. The lowest BCUT2D eigenvalue weighted by molar-refractivity contribution is -0.118. The number of carbonyl (C=O) groups is 1. The first-order valence-electron chi connectivity index (χ1n) is 7.70. The first-order valence-corrected chi connectivity index (χ1v) is 9.31. The first kappa shape index (κ1) is 18.2. The second kappa shape index (κ2) is 8.08. The SMILES string of the molecule is CN(C)S(=O)(=O)CC(=O)NCCc1ccc(-c2ccccc2)cc1. The van der Waals surface area contributed by atoms with Gasteiger partial charge in [0.2, 0.25) is 15.9 Å². The smallest absolute Gasteiger partial charge is 0.236 e. The van der Waals surface area contributed by atoms with E-state index in [1.165, 1.54) is 14.1 Å². The number of carbonyl (C=O) groups excluding carboxylic acids is 1. The monoisotopic (exact) mass is 346 g/mol. The number of nitrogens with zero attached hydrogens (tertiary/aromatic N) is 1. The number of hydrogen-bond acceptors (Lipinski definition) is 3. The summed E-state index contributed by atoms with van der Waals surface area (Å²) in [5.41, 5.74) is 3.39. The van der Waals surface area contributed by atoms with Crippen LogP contribution in [0.2, 0.25) is 0 Å². The predicted octanol–water partition coefficient (Wildman–Crippen LogP) is 1.90. The predicted molar refractivity (Wildman–Crippen MR) is 96.1 cm³/mol. The van der Waals surface area contributed by atoms with E-state index in [9.17, 15) is 13.2 Å². The molecule has 2 aromatic carbocycles. The second-order valence-corrected chi connectivity index (χ2v) is 7.88. The lowest BCUT2D eigenvalue weighted by Gasteiger charge is -2.11. The Labute approximate surface area is 143 Å². The highest BCUT2D eigenvalue weighted by atomic mass is 32.2. The van der Waals surface area contributed by atoms with Crippen molar-refractivity contribution in [1.82, 2.24) is 9.62 Å². The van der Waals surface area contributed by atoms with E-state index in [1.54, 1.807) is 0 Å². The molecule has 5 nitrogen and oxygen atoms in total. The lowest BCUT2D eigenvalue weighted by Crippen LogP contribution is -2.36. The van der Waals surface area contributed by atoms with Gasteiger partial charge in [-0.2, -0.15) is 0 Å². The van der Waals surface area contributed by atoms with Gasteiger partial charge in [0, 0.05) is 20.6 Å². The van der Waals surface area contributed by atoms with E-state index in [1.807, 2.05) is 42.5 Å². The maximum atomic E-state index is 11.7. The minimum absolute atomic E-state index is 0.409. The van der Waals surface area contributed by atoms with E-state index in [0.29, 0.717) is 13.0 Å². The quantitative estimate of drug-likeness (QED) is 0.833. The largest absolute Gasteiger partial charge is 0.355 e. The summed E-state index contributed by atoms with van der Waals surface area (Å²) in [7, 11) is -0.680. The zero-order chi connectivity index (χ0) is 17.6. The summed E-state index contributed by atoms with van der Waals surface area (Å²) >= 11 is 0. The number of rotatable bonds is 7. The molecule has 24 heavy (non-hydrogen) atoms. The van der Waals surface area contributed by atoms with Gasteiger partial charge in [0.25, 0.3) is 0 Å². The van der Waals surface area contributed by atoms with Crippen LogP contribution in [0.15, 0.2) is 54.6 Å². The van der Waals surface area contributed by atoms with Gasteiger partial charge in [-0.3, -0.25) is 4.79 Å². The maximum absolute atomic E-state index is 11.7. The van der Waals surface area contributed by atoms with Gasteiger partial charge in [-0.1, -0.05) is 54.6 Å². The normalized spacial score (nSPS) is 11.5. The van der Waals surface area contributed by atoms with Gasteiger partial charge in [0.15, 0.2) is 0 Å². The minimum atomic E-state index is -3.51. The zero-order valence-corrected chi connectivity index (χ0v) is 14.7. The van der Waals surface area contributed by atoms with Gasteiger partial charge in [-0.25, -0.2) is 12.7 Å². The van der Waals surface area contributed by atoms with Crippen molar-refractivity contribution in [1.29, 1.82) is 0 Å². The lowest BCUT2D eigenvalue weighted by atomic mass is 10.0. The van der Waals surface area contributed by atoms with Crippen molar-refractivity contribution in [2.24, 2.45) is 0 Å². The molecule has 0 aliphatic rings. The average Bonchev–Trinajstić information content (AvgIpc) is 2.55. The third-order valence-corrected chi connectivity index (χ3v) is 5.41. The van der Waals surface area contributed by atoms with Crippen LogP contribution in [0.4, 0.5) is 0 Å². The van der Waals surface area contributed by atoms with Crippen LogP contribution in [0.25, 0.3) is 11.1 Å². The third-order valence-electron chi connectivity index (χ3n) is 3.67. The summed E-state index contributed by atoms with van der Waals surface area (Å²) in [4.78, 5) is 11.7. The number of nitrogens with one attached hydrogen (secondary N) is 1. The van der Waals surface area contributed by atoms with Crippen molar-refractivity contribution in [2.75, 3.05) is 26.4 Å². The summed E-state index contributed by atoms with van der Waals surface area (Å²) in [5, 5.41) is 2.64. The van der Waals surface area contributed by atoms with Crippen molar-refractivity contribution in [3.05, 3.63) is 60.2 Å². The molecule has 0 saturated carbocycles. The first-order chi connectivity index (χ1) is 11.4. The molecule has 0 spiro atoms. The molecule has 6 heteroatoms. The summed E-state index contributed by atoms with van der Waals surface area (Å²) < 4.78 is 24.3. The molecule has 2 rings (SSSR count). The molecule has 1 N–H and O–H groups in total.